The molecule has 0 atom stereocenters. The molecule has 0 aliphatic rings. The summed E-state index contributed by atoms with van der Waals surface area (Å²) in [6.07, 6.45) is 3.86. The van der Waals surface area contributed by atoms with Crippen molar-refractivity contribution in [2.45, 2.75) is 19.9 Å². The minimum absolute atomic E-state index is 0.181. The van der Waals surface area contributed by atoms with Gasteiger partial charge in [-0.05, 0) is 36.6 Å². The van der Waals surface area contributed by atoms with Crippen LogP contribution in [0, 0.1) is 0 Å². The second kappa shape index (κ2) is 9.85. The predicted molar refractivity (Wildman–Crippen MR) is 113 cm³/mol. The molecular weight excluding hydrogens is 372 g/mol. The number of anilines is 1. The first-order valence-electron chi connectivity index (χ1n) is 9.29. The lowest BCUT2D eigenvalue weighted by Gasteiger charge is -2.20. The fourth-order valence-corrected chi connectivity index (χ4v) is 3.06. The molecule has 0 saturated heterocycles. The van der Waals surface area contributed by atoms with Gasteiger partial charge in [0.2, 0.25) is 5.95 Å². The molecule has 1 N–H and O–H groups in total. The number of halogens is 1. The molecule has 0 bridgehead atoms. The zero-order valence-electron chi connectivity index (χ0n) is 15.8. The topological polar surface area (TPSA) is 58.1 Å². The smallest absolute Gasteiger partial charge is 0.254 e. The summed E-state index contributed by atoms with van der Waals surface area (Å²) in [5.74, 6) is 0.432. The maximum absolute atomic E-state index is 12.3. The van der Waals surface area contributed by atoms with E-state index in [4.69, 9.17) is 11.6 Å². The average Bonchev–Trinajstić information content (AvgIpc) is 2.73. The molecule has 1 aromatic heterocycles. The molecule has 0 radical (unpaired) electrons. The van der Waals surface area contributed by atoms with Crippen molar-refractivity contribution in [2.75, 3.05) is 18.0 Å². The highest BCUT2D eigenvalue weighted by Crippen LogP contribution is 2.13. The fourth-order valence-electron chi connectivity index (χ4n) is 2.84. The minimum atomic E-state index is -0.181. The molecule has 3 aromatic rings. The summed E-state index contributed by atoms with van der Waals surface area (Å²) in [6, 6.07) is 17.8. The van der Waals surface area contributed by atoms with Gasteiger partial charge >= 0.3 is 0 Å². The highest BCUT2D eigenvalue weighted by molar-refractivity contribution is 6.30. The van der Waals surface area contributed by atoms with E-state index in [0.717, 1.165) is 18.7 Å². The number of amides is 1. The number of hydrogen-bond donors (Lipinski definition) is 1. The van der Waals surface area contributed by atoms with Crippen molar-refractivity contribution < 1.29 is 4.79 Å². The summed E-state index contributed by atoms with van der Waals surface area (Å²) in [4.78, 5) is 23.1. The number of nitrogens with one attached hydrogen (secondary N) is 1. The van der Waals surface area contributed by atoms with Crippen molar-refractivity contribution in [3.05, 3.63) is 88.7 Å². The number of aromatic nitrogens is 2. The van der Waals surface area contributed by atoms with Gasteiger partial charge in [-0.3, -0.25) is 4.79 Å². The van der Waals surface area contributed by atoms with E-state index < -0.39 is 0 Å². The summed E-state index contributed by atoms with van der Waals surface area (Å²) in [7, 11) is 0. The molecule has 1 heterocycles. The van der Waals surface area contributed by atoms with Gasteiger partial charge in [-0.25, -0.2) is 9.97 Å². The molecule has 0 aliphatic carbocycles. The van der Waals surface area contributed by atoms with Crippen LogP contribution in [0.5, 0.6) is 0 Å². The van der Waals surface area contributed by atoms with Gasteiger partial charge in [0.1, 0.15) is 0 Å². The minimum Gasteiger partial charge on any atom is -0.352 e. The molecule has 144 valence electrons. The highest BCUT2D eigenvalue weighted by Gasteiger charge is 2.11. The van der Waals surface area contributed by atoms with Gasteiger partial charge in [0.25, 0.3) is 5.91 Å². The monoisotopic (exact) mass is 394 g/mol. The fraction of sp³-hybridized carbons (Fsp3) is 0.227. The Morgan fingerprint density at radius 3 is 2.43 bits per heavy atom. The van der Waals surface area contributed by atoms with E-state index >= 15 is 0 Å². The Bertz CT molecular complexity index is 900. The molecule has 0 spiro atoms. The van der Waals surface area contributed by atoms with Gasteiger partial charge in [-0.15, -0.1) is 0 Å². The van der Waals surface area contributed by atoms with E-state index in [1.165, 1.54) is 5.56 Å². The molecule has 5 nitrogen and oxygen atoms in total. The average molecular weight is 395 g/mol. The van der Waals surface area contributed by atoms with Crippen molar-refractivity contribution in [3.63, 3.8) is 0 Å². The third kappa shape index (κ3) is 5.54. The number of hydrogen-bond acceptors (Lipinski definition) is 4. The maximum atomic E-state index is 12.3. The second-order valence-electron chi connectivity index (χ2n) is 6.41. The zero-order valence-corrected chi connectivity index (χ0v) is 16.6. The number of benzene rings is 2. The van der Waals surface area contributed by atoms with E-state index in [1.807, 2.05) is 42.5 Å². The molecule has 28 heavy (non-hydrogen) atoms. The first kappa shape index (κ1) is 19.8. The maximum Gasteiger partial charge on any atom is 0.254 e. The van der Waals surface area contributed by atoms with Crippen molar-refractivity contribution >= 4 is 23.5 Å². The molecule has 0 fully saturated rings. The van der Waals surface area contributed by atoms with Gasteiger partial charge < -0.3 is 10.2 Å². The first-order valence-corrected chi connectivity index (χ1v) is 9.67. The van der Waals surface area contributed by atoms with Gasteiger partial charge in [0.15, 0.2) is 0 Å². The molecular formula is C22H23ClN4O. The van der Waals surface area contributed by atoms with Crippen molar-refractivity contribution in [3.8, 4) is 0 Å². The zero-order chi connectivity index (χ0) is 19.8. The Morgan fingerprint density at radius 1 is 1.04 bits per heavy atom. The summed E-state index contributed by atoms with van der Waals surface area (Å²) >= 11 is 5.98. The van der Waals surface area contributed by atoms with Crippen LogP contribution in [0.25, 0.3) is 0 Å². The predicted octanol–water partition coefficient (Wildman–Crippen LogP) is 4.13. The summed E-state index contributed by atoms with van der Waals surface area (Å²) < 4.78 is 0. The van der Waals surface area contributed by atoms with E-state index in [0.29, 0.717) is 29.5 Å². The van der Waals surface area contributed by atoms with Crippen LogP contribution >= 0.6 is 11.6 Å². The van der Waals surface area contributed by atoms with E-state index in [2.05, 4.69) is 39.2 Å². The lowest BCUT2D eigenvalue weighted by atomic mass is 10.1. The summed E-state index contributed by atoms with van der Waals surface area (Å²) in [5.41, 5.74) is 2.72. The molecule has 1 amide bonds. The van der Waals surface area contributed by atoms with Crippen LogP contribution in [-0.2, 0) is 13.0 Å². The SMILES string of the molecule is CCN(Cc1ccccc1)c1ncc(C(=O)NCCc2cccc(Cl)c2)cn1. The second-order valence-corrected chi connectivity index (χ2v) is 6.84. The van der Waals surface area contributed by atoms with E-state index in [1.54, 1.807) is 12.4 Å². The van der Waals surface area contributed by atoms with Gasteiger partial charge in [-0.1, -0.05) is 54.1 Å². The molecule has 3 rings (SSSR count). The van der Waals surface area contributed by atoms with Crippen molar-refractivity contribution in [2.24, 2.45) is 0 Å². The third-order valence-corrected chi connectivity index (χ3v) is 4.60. The number of carbonyl (C=O) groups excluding carboxylic acids is 1. The lowest BCUT2D eigenvalue weighted by molar-refractivity contribution is 0.0953. The largest absolute Gasteiger partial charge is 0.352 e. The van der Waals surface area contributed by atoms with Crippen LogP contribution in [0.4, 0.5) is 5.95 Å². The molecule has 2 aromatic carbocycles. The molecule has 0 saturated carbocycles. The van der Waals surface area contributed by atoms with Crippen LogP contribution in [0.15, 0.2) is 67.0 Å². The van der Waals surface area contributed by atoms with Gasteiger partial charge in [0, 0.05) is 37.1 Å². The van der Waals surface area contributed by atoms with E-state index in [-0.39, 0.29) is 5.91 Å². The highest BCUT2D eigenvalue weighted by atomic mass is 35.5. The third-order valence-electron chi connectivity index (χ3n) is 4.37. The Labute approximate surface area is 170 Å². The first-order chi connectivity index (χ1) is 13.7. The summed E-state index contributed by atoms with van der Waals surface area (Å²) in [6.45, 7) is 4.08. The standard InChI is InChI=1S/C22H23ClN4O/c1-2-27(16-18-7-4-3-5-8-18)22-25-14-19(15-26-22)21(28)24-12-11-17-9-6-10-20(23)13-17/h3-10,13-15H,2,11-12,16H2,1H3,(H,24,28). The lowest BCUT2D eigenvalue weighted by Crippen LogP contribution is -2.27. The molecule has 6 heteroatoms. The summed E-state index contributed by atoms with van der Waals surface area (Å²) in [5, 5.41) is 3.59. The van der Waals surface area contributed by atoms with Crippen LogP contribution in [0.1, 0.15) is 28.4 Å². The van der Waals surface area contributed by atoms with Crippen molar-refractivity contribution in [1.82, 2.24) is 15.3 Å². The van der Waals surface area contributed by atoms with E-state index in [9.17, 15) is 4.79 Å². The van der Waals surface area contributed by atoms with Crippen LogP contribution < -0.4 is 10.2 Å². The quantitative estimate of drug-likeness (QED) is 0.624. The Hall–Kier alpha value is -2.92. The number of nitrogens with zero attached hydrogens (tertiary/aromatic N) is 3. The van der Waals surface area contributed by atoms with Gasteiger partial charge in [-0.2, -0.15) is 0 Å². The number of carbonyl (C=O) groups is 1. The van der Waals surface area contributed by atoms with Crippen LogP contribution in [0.3, 0.4) is 0 Å². The Morgan fingerprint density at radius 2 is 1.75 bits per heavy atom. The number of rotatable bonds is 8. The van der Waals surface area contributed by atoms with Crippen LogP contribution in [0.2, 0.25) is 5.02 Å². The Kier molecular flexibility index (Phi) is 6.98. The molecule has 0 aliphatic heterocycles. The van der Waals surface area contributed by atoms with Crippen molar-refractivity contribution in [1.29, 1.82) is 0 Å². The molecule has 0 unspecified atom stereocenters. The Balaban J connectivity index is 1.55. The normalized spacial score (nSPS) is 10.5. The van der Waals surface area contributed by atoms with Crippen LogP contribution in [-0.4, -0.2) is 29.0 Å². The van der Waals surface area contributed by atoms with Gasteiger partial charge in [0.05, 0.1) is 5.56 Å².